The highest BCUT2D eigenvalue weighted by molar-refractivity contribution is 7.90. The van der Waals surface area contributed by atoms with Crippen LogP contribution in [0.5, 0.6) is 0 Å². The van der Waals surface area contributed by atoms with Crippen LogP contribution in [0.25, 0.3) is 0 Å². The fourth-order valence-electron chi connectivity index (χ4n) is 2.74. The number of carboxylic acids is 1. The summed E-state index contributed by atoms with van der Waals surface area (Å²) in [6.07, 6.45) is 2.77. The molecule has 2 rings (SSSR count). The van der Waals surface area contributed by atoms with E-state index >= 15 is 0 Å². The van der Waals surface area contributed by atoms with Gasteiger partial charge in [-0.05, 0) is 23.8 Å². The van der Waals surface area contributed by atoms with Gasteiger partial charge in [0.1, 0.15) is 15.9 Å². The minimum Gasteiger partial charge on any atom is -0.480 e. The lowest BCUT2D eigenvalue weighted by atomic mass is 10.0. The molecule has 0 heterocycles. The van der Waals surface area contributed by atoms with E-state index in [0.717, 1.165) is 11.8 Å². The zero-order chi connectivity index (χ0) is 17.1. The minimum absolute atomic E-state index is 0.0240. The Morgan fingerprint density at radius 2 is 1.87 bits per heavy atom. The van der Waals surface area contributed by atoms with Gasteiger partial charge >= 0.3 is 5.97 Å². The highest BCUT2D eigenvalue weighted by Gasteiger charge is 2.46. The second-order valence-corrected chi connectivity index (χ2v) is 8.54. The topological polar surface area (TPSA) is 101 Å². The summed E-state index contributed by atoms with van der Waals surface area (Å²) in [5.74, 6) is -1.53. The van der Waals surface area contributed by atoms with E-state index in [1.807, 2.05) is 6.07 Å². The van der Waals surface area contributed by atoms with Crippen molar-refractivity contribution in [2.75, 3.05) is 12.0 Å². The van der Waals surface area contributed by atoms with E-state index in [4.69, 9.17) is 0 Å². The largest absolute Gasteiger partial charge is 0.480 e. The van der Waals surface area contributed by atoms with Gasteiger partial charge in [0.2, 0.25) is 5.91 Å². The molecule has 1 atom stereocenters. The first-order valence-electron chi connectivity index (χ1n) is 7.43. The van der Waals surface area contributed by atoms with Gasteiger partial charge in [-0.3, -0.25) is 4.79 Å². The maximum atomic E-state index is 12.1. The molecule has 0 aliphatic heterocycles. The summed E-state index contributed by atoms with van der Waals surface area (Å²) in [6, 6.07) is 8.03. The number of hydrogen-bond donors (Lipinski definition) is 2. The Labute approximate surface area is 135 Å². The maximum absolute atomic E-state index is 12.1. The van der Waals surface area contributed by atoms with E-state index in [9.17, 15) is 23.1 Å². The molecule has 1 saturated carbocycles. The smallest absolute Gasteiger partial charge is 0.326 e. The van der Waals surface area contributed by atoms with Crippen LogP contribution < -0.4 is 5.32 Å². The Morgan fingerprint density at radius 3 is 2.35 bits per heavy atom. The first-order chi connectivity index (χ1) is 10.7. The monoisotopic (exact) mass is 339 g/mol. The van der Waals surface area contributed by atoms with E-state index in [2.05, 4.69) is 5.32 Å². The molecule has 23 heavy (non-hydrogen) atoms. The summed E-state index contributed by atoms with van der Waals surface area (Å²) in [6.45, 7) is 0. The Balaban J connectivity index is 1.95. The van der Waals surface area contributed by atoms with Crippen LogP contribution in [0.4, 0.5) is 0 Å². The Kier molecular flexibility index (Phi) is 5.09. The molecule has 1 aromatic rings. The molecule has 2 N–H and O–H groups in total. The molecule has 1 aliphatic carbocycles. The van der Waals surface area contributed by atoms with Crippen molar-refractivity contribution in [2.45, 2.75) is 31.7 Å². The number of amides is 1. The fraction of sp³-hybridized carbons (Fsp3) is 0.500. The Bertz CT molecular complexity index is 680. The number of hydrogen-bond acceptors (Lipinski definition) is 4. The van der Waals surface area contributed by atoms with Gasteiger partial charge in [-0.25, -0.2) is 13.2 Å². The molecule has 0 spiro atoms. The van der Waals surface area contributed by atoms with Crippen LogP contribution in [-0.4, -0.2) is 43.5 Å². The van der Waals surface area contributed by atoms with Crippen LogP contribution in [-0.2, 0) is 25.8 Å². The minimum atomic E-state index is -3.15. The second kappa shape index (κ2) is 6.70. The number of benzene rings is 1. The average molecular weight is 339 g/mol. The molecular formula is C16H21NO5S. The lowest BCUT2D eigenvalue weighted by Gasteiger charge is -2.18. The molecular weight excluding hydrogens is 318 g/mol. The predicted molar refractivity (Wildman–Crippen MR) is 85.7 cm³/mol. The summed E-state index contributed by atoms with van der Waals surface area (Å²) in [5.41, 5.74) is 0.311. The van der Waals surface area contributed by atoms with E-state index < -0.39 is 33.2 Å². The molecule has 1 amide bonds. The fourth-order valence-corrected chi connectivity index (χ4v) is 4.24. The van der Waals surface area contributed by atoms with Gasteiger partial charge in [0.05, 0.1) is 5.75 Å². The zero-order valence-electron chi connectivity index (χ0n) is 13.0. The van der Waals surface area contributed by atoms with Crippen molar-refractivity contribution < 1.29 is 23.1 Å². The first kappa shape index (κ1) is 17.5. The average Bonchev–Trinajstić information content (AvgIpc) is 3.15. The van der Waals surface area contributed by atoms with E-state index in [1.54, 1.807) is 24.3 Å². The van der Waals surface area contributed by atoms with Crippen LogP contribution in [0.3, 0.4) is 0 Å². The van der Waals surface area contributed by atoms with E-state index in [-0.39, 0.29) is 18.6 Å². The molecule has 0 radical (unpaired) electrons. The summed E-state index contributed by atoms with van der Waals surface area (Å²) < 4.78 is 22.8. The molecule has 1 fully saturated rings. The highest BCUT2D eigenvalue weighted by atomic mass is 32.2. The number of nitrogens with one attached hydrogen (secondary N) is 1. The van der Waals surface area contributed by atoms with Crippen molar-refractivity contribution >= 4 is 21.7 Å². The molecule has 0 unspecified atom stereocenters. The standard InChI is InChI=1S/C16H21NO5S/c1-23(21,22)11-16(7-8-16)10-14(18)17-13(15(19)20)9-12-5-3-2-4-6-12/h2-6,13H,7-11H2,1H3,(H,17,18)(H,19,20)/t13-/m1/s1. The zero-order valence-corrected chi connectivity index (χ0v) is 13.8. The Morgan fingerprint density at radius 1 is 1.26 bits per heavy atom. The molecule has 126 valence electrons. The highest BCUT2D eigenvalue weighted by Crippen LogP contribution is 2.49. The molecule has 6 nitrogen and oxygen atoms in total. The van der Waals surface area contributed by atoms with Crippen LogP contribution in [0.1, 0.15) is 24.8 Å². The lowest BCUT2D eigenvalue weighted by Crippen LogP contribution is -2.43. The SMILES string of the molecule is CS(=O)(=O)CC1(CC(=O)N[C@H](Cc2ccccc2)C(=O)O)CC1. The van der Waals surface area contributed by atoms with Gasteiger partial charge in [-0.1, -0.05) is 30.3 Å². The third-order valence-corrected chi connectivity index (χ3v) is 5.11. The quantitative estimate of drug-likeness (QED) is 0.736. The van der Waals surface area contributed by atoms with E-state index in [1.165, 1.54) is 0 Å². The van der Waals surface area contributed by atoms with Gasteiger partial charge in [-0.2, -0.15) is 0 Å². The van der Waals surface area contributed by atoms with Crippen molar-refractivity contribution in [2.24, 2.45) is 5.41 Å². The summed E-state index contributed by atoms with van der Waals surface area (Å²) in [7, 11) is -3.15. The van der Waals surface area contributed by atoms with Gasteiger partial charge < -0.3 is 10.4 Å². The molecule has 1 aromatic carbocycles. The van der Waals surface area contributed by atoms with Crippen molar-refractivity contribution in [3.8, 4) is 0 Å². The summed E-state index contributed by atoms with van der Waals surface area (Å²) in [5, 5.41) is 11.8. The van der Waals surface area contributed by atoms with Crippen molar-refractivity contribution in [1.29, 1.82) is 0 Å². The third kappa shape index (κ3) is 5.67. The second-order valence-electron chi connectivity index (χ2n) is 6.39. The number of carbonyl (C=O) groups is 2. The number of carbonyl (C=O) groups excluding carboxylic acids is 1. The van der Waals surface area contributed by atoms with Gasteiger partial charge in [0.15, 0.2) is 0 Å². The molecule has 0 aromatic heterocycles. The third-order valence-electron chi connectivity index (χ3n) is 3.98. The molecule has 1 aliphatic rings. The van der Waals surface area contributed by atoms with E-state index in [0.29, 0.717) is 12.8 Å². The van der Waals surface area contributed by atoms with Crippen LogP contribution in [0, 0.1) is 5.41 Å². The predicted octanol–water partition coefficient (Wildman–Crippen LogP) is 1.01. The normalized spacial score (nSPS) is 17.3. The van der Waals surface area contributed by atoms with Crippen LogP contribution in [0.2, 0.25) is 0 Å². The Hall–Kier alpha value is -1.89. The molecule has 0 saturated heterocycles. The van der Waals surface area contributed by atoms with Crippen LogP contribution in [0.15, 0.2) is 30.3 Å². The van der Waals surface area contributed by atoms with Crippen molar-refractivity contribution in [3.05, 3.63) is 35.9 Å². The molecule has 0 bridgehead atoms. The van der Waals surface area contributed by atoms with Crippen molar-refractivity contribution in [1.82, 2.24) is 5.32 Å². The molecule has 7 heteroatoms. The maximum Gasteiger partial charge on any atom is 0.326 e. The van der Waals surface area contributed by atoms with Gasteiger partial charge in [0.25, 0.3) is 0 Å². The van der Waals surface area contributed by atoms with Crippen molar-refractivity contribution in [3.63, 3.8) is 0 Å². The van der Waals surface area contributed by atoms with Gasteiger partial charge in [0, 0.05) is 19.1 Å². The number of carboxylic acid groups (broad SMARTS) is 1. The number of sulfone groups is 1. The summed E-state index contributed by atoms with van der Waals surface area (Å²) in [4.78, 5) is 23.5. The number of aliphatic carboxylic acids is 1. The van der Waals surface area contributed by atoms with Crippen LogP contribution >= 0.6 is 0 Å². The van der Waals surface area contributed by atoms with Gasteiger partial charge in [-0.15, -0.1) is 0 Å². The number of rotatable bonds is 8. The summed E-state index contributed by atoms with van der Waals surface area (Å²) >= 11 is 0. The lowest BCUT2D eigenvalue weighted by molar-refractivity contribution is -0.142. The first-order valence-corrected chi connectivity index (χ1v) is 9.49.